The van der Waals surface area contributed by atoms with Gasteiger partial charge in [-0.3, -0.25) is 14.4 Å². The lowest BCUT2D eigenvalue weighted by molar-refractivity contribution is -0.193. The van der Waals surface area contributed by atoms with E-state index in [4.69, 9.17) is 14.3 Å². The zero-order valence-electron chi connectivity index (χ0n) is 43.5. The first-order valence-corrected chi connectivity index (χ1v) is 27.5. The number of methoxy groups -OCH3 is 1. The second kappa shape index (κ2) is 23.9. The molecule has 8 fully saturated rings. The minimum atomic E-state index is -0.761. The fourth-order valence-corrected chi connectivity index (χ4v) is 15.3. The second-order valence-electron chi connectivity index (χ2n) is 24.4. The average Bonchev–Trinajstić information content (AvgIpc) is 3.68. The van der Waals surface area contributed by atoms with E-state index in [1.54, 1.807) is 0 Å². The maximum absolute atomic E-state index is 15.0. The van der Waals surface area contributed by atoms with Gasteiger partial charge in [-0.25, -0.2) is 4.79 Å². The van der Waals surface area contributed by atoms with Crippen LogP contribution in [-0.2, 0) is 23.9 Å². The van der Waals surface area contributed by atoms with Crippen molar-refractivity contribution in [3.8, 4) is 0 Å². The van der Waals surface area contributed by atoms with Crippen LogP contribution in [0.2, 0.25) is 0 Å². The quantitative estimate of drug-likeness (QED) is 0.102. The van der Waals surface area contributed by atoms with Crippen LogP contribution in [0.3, 0.4) is 0 Å². The number of hydrogen-bond acceptors (Lipinski definition) is 10. The van der Waals surface area contributed by atoms with Crippen LogP contribution in [0.1, 0.15) is 156 Å². The molecule has 7 aliphatic carbocycles. The van der Waals surface area contributed by atoms with Crippen LogP contribution in [0.25, 0.3) is 0 Å². The van der Waals surface area contributed by atoms with E-state index in [1.807, 2.05) is 19.1 Å². The van der Waals surface area contributed by atoms with Crippen molar-refractivity contribution in [2.24, 2.45) is 64.6 Å². The summed E-state index contributed by atoms with van der Waals surface area (Å²) < 4.78 is 12.7. The minimum absolute atomic E-state index is 0.0524. The topological polar surface area (TPSA) is 145 Å². The van der Waals surface area contributed by atoms with Gasteiger partial charge in [0.15, 0.2) is 0 Å². The van der Waals surface area contributed by atoms with Gasteiger partial charge in [-0.2, -0.15) is 5.06 Å². The highest BCUT2D eigenvalue weighted by atomic mass is 16.7. The number of likely N-dealkylation sites (N-methyl/N-ethyl adjacent to an activating group) is 1. The van der Waals surface area contributed by atoms with Gasteiger partial charge < -0.3 is 40.3 Å². The number of carbonyl (C=O) groups excluding carboxylic acids is 3. The first-order valence-electron chi connectivity index (χ1n) is 27.5. The van der Waals surface area contributed by atoms with Crippen molar-refractivity contribution in [1.29, 1.82) is 0 Å². The van der Waals surface area contributed by atoms with Crippen LogP contribution in [0.15, 0.2) is 0 Å². The van der Waals surface area contributed by atoms with E-state index in [0.717, 1.165) is 64.3 Å². The van der Waals surface area contributed by atoms with Gasteiger partial charge in [0.1, 0.15) is 18.2 Å². The molecule has 384 valence electrons. The maximum Gasteiger partial charge on any atom is 0.407 e. The van der Waals surface area contributed by atoms with Crippen molar-refractivity contribution in [1.82, 2.24) is 30.8 Å². The molecule has 0 aromatic rings. The van der Waals surface area contributed by atoms with Gasteiger partial charge in [0.25, 0.3) is 0 Å². The molecule has 67 heavy (non-hydrogen) atoms. The normalized spacial score (nSPS) is 37.1. The Morgan fingerprint density at radius 2 is 1.57 bits per heavy atom. The summed E-state index contributed by atoms with van der Waals surface area (Å²) in [5, 5.41) is 22.9. The summed E-state index contributed by atoms with van der Waals surface area (Å²) in [7, 11) is 10.4. The van der Waals surface area contributed by atoms with Gasteiger partial charge in [0.05, 0.1) is 18.6 Å². The number of rotatable bonds is 19. The molecule has 8 aliphatic rings. The van der Waals surface area contributed by atoms with E-state index < -0.39 is 30.3 Å². The summed E-state index contributed by atoms with van der Waals surface area (Å²) in [6, 6.07) is -0.261. The van der Waals surface area contributed by atoms with Crippen molar-refractivity contribution in [3.63, 3.8) is 0 Å². The van der Waals surface area contributed by atoms with Crippen molar-refractivity contribution in [2.45, 2.75) is 199 Å². The Morgan fingerprint density at radius 3 is 2.19 bits per heavy atom. The molecule has 4 N–H and O–H groups in total. The lowest BCUT2D eigenvalue weighted by atomic mass is 9.45. The van der Waals surface area contributed by atoms with E-state index in [-0.39, 0.29) is 59.8 Å². The van der Waals surface area contributed by atoms with Crippen LogP contribution < -0.4 is 16.0 Å². The zero-order chi connectivity index (χ0) is 48.0. The minimum Gasteiger partial charge on any atom is -0.446 e. The first kappa shape index (κ1) is 52.8. The summed E-state index contributed by atoms with van der Waals surface area (Å²) in [5.74, 6) is 2.88. The average molecular weight is 941 g/mol. The fraction of sp³-hybridized carbons (Fsp3) is 0.944. The zero-order valence-corrected chi connectivity index (χ0v) is 43.5. The summed E-state index contributed by atoms with van der Waals surface area (Å²) in [6.45, 7) is 10.5. The van der Waals surface area contributed by atoms with Gasteiger partial charge in [-0.15, -0.1) is 0 Å². The Bertz CT molecular complexity index is 1590. The molecular weight excluding hydrogens is 845 g/mol. The van der Waals surface area contributed by atoms with E-state index in [2.05, 4.69) is 74.7 Å². The van der Waals surface area contributed by atoms with Gasteiger partial charge in [-0.1, -0.05) is 91.4 Å². The molecule has 1 heterocycles. The Labute approximate surface area is 406 Å². The predicted molar refractivity (Wildman–Crippen MR) is 264 cm³/mol. The molecule has 0 spiro atoms. The molecule has 0 aromatic carbocycles. The van der Waals surface area contributed by atoms with E-state index in [1.165, 1.54) is 70.6 Å². The Kier molecular flexibility index (Phi) is 18.8. The van der Waals surface area contributed by atoms with Crippen molar-refractivity contribution >= 4 is 17.9 Å². The number of amides is 3. The molecule has 7 unspecified atom stereocenters. The predicted octanol–water partition coefficient (Wildman–Crippen LogP) is 7.65. The molecule has 13 heteroatoms. The molecule has 2 bridgehead atoms. The fourth-order valence-electron chi connectivity index (χ4n) is 15.3. The lowest BCUT2D eigenvalue weighted by Crippen LogP contribution is -2.62. The van der Waals surface area contributed by atoms with Crippen molar-refractivity contribution < 1.29 is 33.8 Å². The van der Waals surface area contributed by atoms with E-state index >= 15 is 0 Å². The molecule has 0 aromatic heterocycles. The molecule has 3 amide bonds. The molecule has 1 aliphatic heterocycles. The molecule has 8 rings (SSSR count). The van der Waals surface area contributed by atoms with Crippen molar-refractivity contribution in [3.05, 3.63) is 0 Å². The summed E-state index contributed by atoms with van der Waals surface area (Å²) in [6.07, 6.45) is 20.6. The van der Waals surface area contributed by atoms with Crippen LogP contribution in [0.4, 0.5) is 4.79 Å². The lowest BCUT2D eigenvalue weighted by Gasteiger charge is -2.62. The summed E-state index contributed by atoms with van der Waals surface area (Å²) >= 11 is 0. The summed E-state index contributed by atoms with van der Waals surface area (Å²) in [5.41, 5.74) is 0.283. The van der Waals surface area contributed by atoms with Crippen LogP contribution in [0.5, 0.6) is 0 Å². The SMILES string of the molecule is COC1C(CN2O[C@@H](CO)[C@@H]([C@H](C)OC(=O)NCCC3CCCCC3)[C@H]2C(=O)NC2C[C@H]3C[C@@H]([C@@H]2C)C3(C)C)CCCC1C1CC(C(=O)N[C@@H](CC2CCCCC2)CN(C)C)CC(N(C)C)C1. The summed E-state index contributed by atoms with van der Waals surface area (Å²) in [4.78, 5) is 54.0. The third-order valence-corrected chi connectivity index (χ3v) is 19.3. The number of hydroxylamine groups is 2. The highest BCUT2D eigenvalue weighted by Crippen LogP contribution is 2.61. The Balaban J connectivity index is 1.06. The maximum atomic E-state index is 15.0. The highest BCUT2D eigenvalue weighted by molar-refractivity contribution is 5.83. The Hall–Kier alpha value is -2.03. The van der Waals surface area contributed by atoms with Crippen molar-refractivity contribution in [2.75, 3.05) is 61.5 Å². The van der Waals surface area contributed by atoms with Gasteiger partial charge >= 0.3 is 6.09 Å². The molecule has 1 saturated heterocycles. The number of fused-ring (bicyclic) bond motifs is 2. The van der Waals surface area contributed by atoms with Gasteiger partial charge in [0, 0.05) is 56.7 Å². The standard InChI is InChI=1S/C54H96N6O7/c1-34-45-29-41(54(45,3)4)30-46(34)57-52(63)49-48(35(2)66-53(64)55-24-23-36-17-12-10-13-18-36)47(33-61)67-60(49)31-38-21-16-22-44(50(38)65-9)39-26-40(28-43(27-39)59(7)8)51(62)56-42(32-58(5)6)25-37-19-14-11-15-20-37/h34-50,61H,10-33H2,1-9H3,(H,55,64)(H,56,62)(H,57,63)/t34-,35-,38?,39?,40?,41+,42-,43?,44?,45-,46?,47-,48+,49-,50?/m0/s1. The third kappa shape index (κ3) is 12.9. The largest absolute Gasteiger partial charge is 0.446 e. The number of nitrogens with one attached hydrogen (secondary N) is 3. The van der Waals surface area contributed by atoms with Crippen LogP contribution in [-0.4, -0.2) is 142 Å². The van der Waals surface area contributed by atoms with Gasteiger partial charge in [0.2, 0.25) is 11.8 Å². The number of alkyl carbamates (subject to hydrolysis) is 1. The Morgan fingerprint density at radius 1 is 0.866 bits per heavy atom. The highest BCUT2D eigenvalue weighted by Gasteiger charge is 2.58. The number of aliphatic hydroxyl groups excluding tert-OH is 1. The monoisotopic (exact) mass is 941 g/mol. The van der Waals surface area contributed by atoms with Gasteiger partial charge in [-0.05, 0) is 140 Å². The molecule has 7 saturated carbocycles. The van der Waals surface area contributed by atoms with Crippen LogP contribution >= 0.6 is 0 Å². The number of nitrogens with zero attached hydrogens (tertiary/aromatic N) is 3. The smallest absolute Gasteiger partial charge is 0.407 e. The van der Waals surface area contributed by atoms with E-state index in [0.29, 0.717) is 54.6 Å². The van der Waals surface area contributed by atoms with E-state index in [9.17, 15) is 19.5 Å². The number of aliphatic hydroxyl groups is 1. The molecule has 15 atom stereocenters. The molecule has 13 nitrogen and oxygen atoms in total. The molecular formula is C54H96N6O7. The second-order valence-corrected chi connectivity index (χ2v) is 24.4. The van der Waals surface area contributed by atoms with Crippen LogP contribution in [0, 0.1) is 64.6 Å². The molecule has 0 radical (unpaired) electrons. The third-order valence-electron chi connectivity index (χ3n) is 19.3. The number of ether oxygens (including phenoxy) is 2. The number of carbonyl (C=O) groups is 3. The first-order chi connectivity index (χ1) is 32.1. The number of hydrogen-bond donors (Lipinski definition) is 4.